The summed E-state index contributed by atoms with van der Waals surface area (Å²) in [5, 5.41) is 3.18. The predicted octanol–water partition coefficient (Wildman–Crippen LogP) is 4.71. The summed E-state index contributed by atoms with van der Waals surface area (Å²) in [5.74, 6) is 0.196. The Bertz CT molecular complexity index is 443. The number of nitrogens with one attached hydrogen (secondary N) is 1. The van der Waals surface area contributed by atoms with Crippen molar-refractivity contribution in [2.24, 2.45) is 0 Å². The van der Waals surface area contributed by atoms with E-state index in [1.54, 1.807) is 0 Å². The fourth-order valence-corrected chi connectivity index (χ4v) is 6.53. The molecular weight excluding hydrogens is 354 g/mol. The first-order valence-corrected chi connectivity index (χ1v) is 10.1. The Labute approximate surface area is 156 Å². The Morgan fingerprint density at radius 1 is 1.10 bits per heavy atom. The molecule has 0 saturated carbocycles. The van der Waals surface area contributed by atoms with E-state index in [1.165, 1.54) is 0 Å². The summed E-state index contributed by atoms with van der Waals surface area (Å²) in [6.07, 6.45) is 3.46. The third kappa shape index (κ3) is 4.85. The van der Waals surface area contributed by atoms with Crippen molar-refractivity contribution < 1.29 is 37.5 Å². The van der Waals surface area contributed by atoms with Crippen LogP contribution in [0.1, 0.15) is 38.8 Å². The normalized spacial score (nSPS) is 12.5. The zero-order chi connectivity index (χ0) is 15.3. The molecule has 1 rings (SSSR count). The Morgan fingerprint density at radius 2 is 1.52 bits per heavy atom. The molecule has 0 aliphatic heterocycles. The maximum Gasteiger partial charge on any atom is 0.264 e. The van der Waals surface area contributed by atoms with Gasteiger partial charge in [0.2, 0.25) is 0 Å². The first-order valence-electron chi connectivity index (χ1n) is 7.64. The van der Waals surface area contributed by atoms with Gasteiger partial charge in [0.1, 0.15) is 5.66 Å². The van der Waals surface area contributed by atoms with Gasteiger partial charge in [-0.3, -0.25) is 4.79 Å². The zero-order valence-electron chi connectivity index (χ0n) is 14.4. The topological polar surface area (TPSA) is 29.1 Å². The molecule has 0 aliphatic carbocycles. The number of amides is 1. The number of aryl methyl sites for hydroxylation is 2. The van der Waals surface area contributed by atoms with Crippen molar-refractivity contribution in [3.05, 3.63) is 29.3 Å². The molecule has 0 bridgehead atoms. The van der Waals surface area contributed by atoms with E-state index < -0.39 is 7.26 Å². The van der Waals surface area contributed by atoms with Crippen molar-refractivity contribution in [1.29, 1.82) is 0 Å². The van der Waals surface area contributed by atoms with Crippen molar-refractivity contribution in [2.75, 3.05) is 23.8 Å². The number of para-hydroxylation sites is 1. The molecule has 1 unspecified atom stereocenters. The van der Waals surface area contributed by atoms with Gasteiger partial charge in [-0.15, -0.1) is 0 Å². The van der Waals surface area contributed by atoms with E-state index in [0.717, 1.165) is 35.3 Å². The largest absolute Gasteiger partial charge is 0.322 e. The molecule has 0 fully saturated rings. The van der Waals surface area contributed by atoms with Gasteiger partial charge in [0.15, 0.2) is 0 Å². The molecule has 1 radical (unpaired) electrons. The number of carbonyl (C=O) groups is 1. The maximum atomic E-state index is 12.7. The van der Waals surface area contributed by atoms with Gasteiger partial charge in [-0.1, -0.05) is 18.2 Å². The van der Waals surface area contributed by atoms with E-state index in [-0.39, 0.29) is 44.3 Å². The fraction of sp³-hybridized carbons (Fsp3) is 0.588. The van der Waals surface area contributed by atoms with Crippen LogP contribution >= 0.6 is 7.26 Å². The minimum Gasteiger partial charge on any atom is -0.322 e. The molecule has 115 valence electrons. The molecule has 0 spiro atoms. The van der Waals surface area contributed by atoms with E-state index in [2.05, 4.69) is 59.0 Å². The smallest absolute Gasteiger partial charge is 0.264 e. The van der Waals surface area contributed by atoms with Crippen molar-refractivity contribution in [2.45, 2.75) is 47.2 Å². The van der Waals surface area contributed by atoms with E-state index in [9.17, 15) is 4.79 Å². The summed E-state index contributed by atoms with van der Waals surface area (Å²) < 4.78 is 0. The summed E-state index contributed by atoms with van der Waals surface area (Å²) in [7, 11) is -1.17. The molecular formula is C17H29NOPY+. The van der Waals surface area contributed by atoms with Crippen LogP contribution in [0.5, 0.6) is 0 Å². The second-order valence-electron chi connectivity index (χ2n) is 5.60. The van der Waals surface area contributed by atoms with Crippen LogP contribution in [0.4, 0.5) is 5.69 Å². The average Bonchev–Trinajstić information content (AvgIpc) is 2.45. The van der Waals surface area contributed by atoms with E-state index in [0.29, 0.717) is 0 Å². The van der Waals surface area contributed by atoms with Crippen molar-refractivity contribution >= 4 is 18.9 Å². The molecule has 1 atom stereocenters. The SMILES string of the molecule is CC[P+](CC)(CC)C(C)C(=O)Nc1c(C)cccc1C.[Y]. The predicted molar refractivity (Wildman–Crippen MR) is 92.6 cm³/mol. The van der Waals surface area contributed by atoms with Gasteiger partial charge in [-0.2, -0.15) is 0 Å². The van der Waals surface area contributed by atoms with E-state index in [4.69, 9.17) is 0 Å². The van der Waals surface area contributed by atoms with Crippen LogP contribution in [0.3, 0.4) is 0 Å². The van der Waals surface area contributed by atoms with Crippen molar-refractivity contribution in [3.63, 3.8) is 0 Å². The molecule has 0 aromatic heterocycles. The number of carbonyl (C=O) groups excluding carboxylic acids is 1. The van der Waals surface area contributed by atoms with E-state index in [1.807, 2.05) is 6.07 Å². The summed E-state index contributed by atoms with van der Waals surface area (Å²) in [6.45, 7) is 12.9. The van der Waals surface area contributed by atoms with Crippen molar-refractivity contribution in [1.82, 2.24) is 0 Å². The van der Waals surface area contributed by atoms with Crippen LogP contribution in [0, 0.1) is 13.8 Å². The van der Waals surface area contributed by atoms with Crippen LogP contribution in [0.25, 0.3) is 0 Å². The molecule has 1 aromatic carbocycles. The summed E-state index contributed by atoms with van der Waals surface area (Å²) >= 11 is 0. The van der Waals surface area contributed by atoms with Gasteiger partial charge in [0, 0.05) is 45.7 Å². The zero-order valence-corrected chi connectivity index (χ0v) is 18.1. The summed E-state index contributed by atoms with van der Waals surface area (Å²) in [6, 6.07) is 6.13. The standard InChI is InChI=1S/C17H28NOP.Y/c1-7-20(8-2,9-3)15(6)17(19)18-16-13(4)11-10-12-14(16)5;/h10-12,15H,7-9H2,1-6H3;/p+1. The molecule has 21 heavy (non-hydrogen) atoms. The molecule has 0 aliphatic rings. The number of anilines is 1. The second-order valence-corrected chi connectivity index (χ2v) is 10.7. The minimum atomic E-state index is -1.17. The molecule has 1 amide bonds. The maximum absolute atomic E-state index is 12.7. The van der Waals surface area contributed by atoms with Gasteiger partial charge < -0.3 is 5.32 Å². The third-order valence-electron chi connectivity index (χ3n) is 4.82. The number of hydrogen-bond acceptors (Lipinski definition) is 1. The van der Waals surface area contributed by atoms with Crippen LogP contribution < -0.4 is 5.32 Å². The third-order valence-corrected chi connectivity index (χ3v) is 10.5. The Balaban J connectivity index is 0.00000400. The fourth-order valence-electron chi connectivity index (χ4n) is 2.98. The molecule has 0 heterocycles. The molecule has 1 aromatic rings. The first kappa shape index (κ1) is 21.2. The molecule has 1 N–H and O–H groups in total. The van der Waals surface area contributed by atoms with Gasteiger partial charge >= 0.3 is 0 Å². The quantitative estimate of drug-likeness (QED) is 0.709. The Kier molecular flexibility index (Phi) is 9.48. The van der Waals surface area contributed by atoms with Gasteiger partial charge in [-0.05, 0) is 52.7 Å². The second kappa shape index (κ2) is 9.38. The summed E-state index contributed by atoms with van der Waals surface area (Å²) in [4.78, 5) is 12.7. The summed E-state index contributed by atoms with van der Waals surface area (Å²) in [5.41, 5.74) is 3.41. The first-order chi connectivity index (χ1) is 9.41. The average molecular weight is 383 g/mol. The van der Waals surface area contributed by atoms with Crippen LogP contribution in [0.15, 0.2) is 18.2 Å². The van der Waals surface area contributed by atoms with E-state index >= 15 is 0 Å². The number of hydrogen-bond donors (Lipinski definition) is 1. The molecule has 4 heteroatoms. The van der Waals surface area contributed by atoms with Gasteiger partial charge in [-0.25, -0.2) is 0 Å². The van der Waals surface area contributed by atoms with Crippen LogP contribution in [-0.2, 0) is 37.5 Å². The van der Waals surface area contributed by atoms with Gasteiger partial charge in [0.25, 0.3) is 5.91 Å². The molecule has 2 nitrogen and oxygen atoms in total. The molecule has 0 saturated heterocycles. The number of benzene rings is 1. The Morgan fingerprint density at radius 3 is 1.90 bits per heavy atom. The van der Waals surface area contributed by atoms with Gasteiger partial charge in [0.05, 0.1) is 18.5 Å². The monoisotopic (exact) mass is 383 g/mol. The number of rotatable bonds is 6. The minimum absolute atomic E-state index is 0. The van der Waals surface area contributed by atoms with Crippen molar-refractivity contribution in [3.8, 4) is 0 Å². The Hall–Kier alpha value is 0.224. The van der Waals surface area contributed by atoms with Crippen LogP contribution in [-0.4, -0.2) is 30.1 Å². The van der Waals surface area contributed by atoms with Crippen LogP contribution in [0.2, 0.25) is 0 Å².